The molecule has 0 aromatic heterocycles. The summed E-state index contributed by atoms with van der Waals surface area (Å²) in [7, 11) is 0. The van der Waals surface area contributed by atoms with Gasteiger partial charge in [0, 0.05) is 42.8 Å². The van der Waals surface area contributed by atoms with E-state index in [9.17, 15) is 0 Å². The summed E-state index contributed by atoms with van der Waals surface area (Å²) in [5.41, 5.74) is 8.21. The minimum Gasteiger partial charge on any atom is -0.398 e. The Labute approximate surface area is 114 Å². The summed E-state index contributed by atoms with van der Waals surface area (Å²) in [4.78, 5) is 3.76. The topological polar surface area (TPSA) is 41.3 Å². The lowest BCUT2D eigenvalue weighted by molar-refractivity contribution is 0.183. The second-order valence-electron chi connectivity index (χ2n) is 4.92. The summed E-state index contributed by atoms with van der Waals surface area (Å²) in [6.45, 7) is 6.86. The predicted octanol–water partition coefficient (Wildman–Crippen LogP) is 1.83. The van der Waals surface area contributed by atoms with E-state index in [0.29, 0.717) is 6.04 Å². The molecule has 100 valence electrons. The van der Waals surface area contributed by atoms with Gasteiger partial charge in [0.25, 0.3) is 0 Å². The van der Waals surface area contributed by atoms with Crippen molar-refractivity contribution < 1.29 is 0 Å². The maximum absolute atomic E-state index is 5.93. The Balaban J connectivity index is 1.99. The van der Waals surface area contributed by atoms with Gasteiger partial charge in [-0.05, 0) is 37.3 Å². The Morgan fingerprint density at radius 1 is 1.39 bits per heavy atom. The van der Waals surface area contributed by atoms with E-state index < -0.39 is 0 Å². The standard InChI is InChI=1S/C14H23N3S/c1-11(17-7-5-16-6-8-17)9-12-3-4-13(15)14(10-12)18-2/h3-4,10-11,16H,5-9,15H2,1-2H3. The van der Waals surface area contributed by atoms with E-state index in [4.69, 9.17) is 5.73 Å². The van der Waals surface area contributed by atoms with Gasteiger partial charge in [0.15, 0.2) is 0 Å². The molecule has 1 aliphatic heterocycles. The molecule has 1 fully saturated rings. The fourth-order valence-corrected chi connectivity index (χ4v) is 3.05. The van der Waals surface area contributed by atoms with E-state index in [1.807, 2.05) is 6.07 Å². The number of piperazine rings is 1. The molecule has 1 atom stereocenters. The van der Waals surface area contributed by atoms with Gasteiger partial charge in [-0.25, -0.2) is 0 Å². The Kier molecular flexibility index (Phi) is 4.92. The Morgan fingerprint density at radius 3 is 2.78 bits per heavy atom. The first-order valence-electron chi connectivity index (χ1n) is 6.58. The minimum atomic E-state index is 0.602. The summed E-state index contributed by atoms with van der Waals surface area (Å²) in [5, 5.41) is 3.40. The van der Waals surface area contributed by atoms with Crippen LogP contribution >= 0.6 is 11.8 Å². The molecular formula is C14H23N3S. The highest BCUT2D eigenvalue weighted by Crippen LogP contribution is 2.24. The average molecular weight is 265 g/mol. The first kappa shape index (κ1) is 13.7. The number of nitrogens with two attached hydrogens (primary N) is 1. The van der Waals surface area contributed by atoms with Gasteiger partial charge < -0.3 is 11.1 Å². The summed E-state index contributed by atoms with van der Waals surface area (Å²) in [6, 6.07) is 7.03. The molecule has 1 unspecified atom stereocenters. The third-order valence-corrected chi connectivity index (χ3v) is 4.40. The second-order valence-corrected chi connectivity index (χ2v) is 5.76. The molecule has 1 aliphatic rings. The number of benzene rings is 1. The van der Waals surface area contributed by atoms with Gasteiger partial charge in [0.2, 0.25) is 0 Å². The van der Waals surface area contributed by atoms with Crippen LogP contribution in [0.5, 0.6) is 0 Å². The van der Waals surface area contributed by atoms with Crippen LogP contribution in [0.1, 0.15) is 12.5 Å². The molecule has 4 heteroatoms. The first-order valence-corrected chi connectivity index (χ1v) is 7.80. The zero-order valence-electron chi connectivity index (χ0n) is 11.3. The highest BCUT2D eigenvalue weighted by Gasteiger charge is 2.16. The summed E-state index contributed by atoms with van der Waals surface area (Å²) < 4.78 is 0. The van der Waals surface area contributed by atoms with Crippen molar-refractivity contribution in [2.45, 2.75) is 24.3 Å². The average Bonchev–Trinajstić information content (AvgIpc) is 2.42. The number of hydrogen-bond donors (Lipinski definition) is 2. The Morgan fingerprint density at radius 2 is 2.11 bits per heavy atom. The quantitative estimate of drug-likeness (QED) is 0.644. The Hall–Kier alpha value is -0.710. The van der Waals surface area contributed by atoms with Crippen LogP contribution in [0, 0.1) is 0 Å². The minimum absolute atomic E-state index is 0.602. The SMILES string of the molecule is CSc1cc(CC(C)N2CCNCC2)ccc1N. The van der Waals surface area contributed by atoms with Gasteiger partial charge in [0.1, 0.15) is 0 Å². The van der Waals surface area contributed by atoms with Gasteiger partial charge in [-0.15, -0.1) is 11.8 Å². The van der Waals surface area contributed by atoms with Crippen molar-refractivity contribution in [1.29, 1.82) is 0 Å². The van der Waals surface area contributed by atoms with E-state index in [0.717, 1.165) is 38.3 Å². The molecule has 0 spiro atoms. The molecule has 1 aromatic carbocycles. The first-order chi connectivity index (χ1) is 8.70. The molecule has 3 nitrogen and oxygen atoms in total. The maximum Gasteiger partial charge on any atom is 0.0452 e. The van der Waals surface area contributed by atoms with Crippen molar-refractivity contribution in [3.8, 4) is 0 Å². The van der Waals surface area contributed by atoms with Crippen molar-refractivity contribution in [1.82, 2.24) is 10.2 Å². The van der Waals surface area contributed by atoms with Crippen molar-refractivity contribution in [2.24, 2.45) is 0 Å². The third-order valence-electron chi connectivity index (χ3n) is 3.60. The van der Waals surface area contributed by atoms with Crippen LogP contribution in [-0.2, 0) is 6.42 Å². The van der Waals surface area contributed by atoms with Crippen LogP contribution in [0.25, 0.3) is 0 Å². The lowest BCUT2D eigenvalue weighted by Gasteiger charge is -2.33. The van der Waals surface area contributed by atoms with E-state index in [1.54, 1.807) is 11.8 Å². The third kappa shape index (κ3) is 3.40. The highest BCUT2D eigenvalue weighted by molar-refractivity contribution is 7.98. The summed E-state index contributed by atoms with van der Waals surface area (Å²) in [5.74, 6) is 0. The van der Waals surface area contributed by atoms with Crippen LogP contribution < -0.4 is 11.1 Å². The number of hydrogen-bond acceptors (Lipinski definition) is 4. The van der Waals surface area contributed by atoms with Crippen molar-refractivity contribution in [3.05, 3.63) is 23.8 Å². The van der Waals surface area contributed by atoms with Crippen molar-refractivity contribution in [2.75, 3.05) is 38.2 Å². The van der Waals surface area contributed by atoms with E-state index >= 15 is 0 Å². The molecule has 1 saturated heterocycles. The van der Waals surface area contributed by atoms with E-state index in [1.165, 1.54) is 10.5 Å². The fraction of sp³-hybridized carbons (Fsp3) is 0.571. The molecule has 0 aliphatic carbocycles. The summed E-state index contributed by atoms with van der Waals surface area (Å²) >= 11 is 1.72. The molecular weight excluding hydrogens is 242 g/mol. The monoisotopic (exact) mass is 265 g/mol. The number of anilines is 1. The molecule has 18 heavy (non-hydrogen) atoms. The number of thioether (sulfide) groups is 1. The molecule has 0 radical (unpaired) electrons. The lowest BCUT2D eigenvalue weighted by atomic mass is 10.0. The normalized spacial score (nSPS) is 18.8. The van der Waals surface area contributed by atoms with Crippen molar-refractivity contribution >= 4 is 17.4 Å². The van der Waals surface area contributed by atoms with Crippen LogP contribution in [0.2, 0.25) is 0 Å². The fourth-order valence-electron chi connectivity index (χ4n) is 2.48. The van der Waals surface area contributed by atoms with E-state index in [-0.39, 0.29) is 0 Å². The number of nitrogen functional groups attached to an aromatic ring is 1. The summed E-state index contributed by atoms with van der Waals surface area (Å²) in [6.07, 6.45) is 3.18. The van der Waals surface area contributed by atoms with Gasteiger partial charge in [-0.3, -0.25) is 4.90 Å². The predicted molar refractivity (Wildman–Crippen MR) is 80.2 cm³/mol. The number of nitrogens with zero attached hydrogens (tertiary/aromatic N) is 1. The highest BCUT2D eigenvalue weighted by atomic mass is 32.2. The van der Waals surface area contributed by atoms with Gasteiger partial charge in [-0.1, -0.05) is 6.07 Å². The van der Waals surface area contributed by atoms with Crippen molar-refractivity contribution in [3.63, 3.8) is 0 Å². The van der Waals surface area contributed by atoms with Crippen LogP contribution in [0.3, 0.4) is 0 Å². The maximum atomic E-state index is 5.93. The number of nitrogens with one attached hydrogen (secondary N) is 1. The molecule has 0 saturated carbocycles. The number of rotatable bonds is 4. The molecule has 3 N–H and O–H groups in total. The van der Waals surface area contributed by atoms with Gasteiger partial charge in [-0.2, -0.15) is 0 Å². The largest absolute Gasteiger partial charge is 0.398 e. The van der Waals surface area contributed by atoms with Gasteiger partial charge in [0.05, 0.1) is 0 Å². The van der Waals surface area contributed by atoms with Crippen LogP contribution in [0.15, 0.2) is 23.1 Å². The molecule has 1 aromatic rings. The zero-order chi connectivity index (χ0) is 13.0. The van der Waals surface area contributed by atoms with Crippen LogP contribution in [-0.4, -0.2) is 43.4 Å². The molecule has 2 rings (SSSR count). The molecule has 0 amide bonds. The second kappa shape index (κ2) is 6.45. The van der Waals surface area contributed by atoms with E-state index in [2.05, 4.69) is 35.5 Å². The van der Waals surface area contributed by atoms with Gasteiger partial charge >= 0.3 is 0 Å². The zero-order valence-corrected chi connectivity index (χ0v) is 12.1. The molecule has 0 bridgehead atoms. The van der Waals surface area contributed by atoms with Crippen LogP contribution in [0.4, 0.5) is 5.69 Å². The lowest BCUT2D eigenvalue weighted by Crippen LogP contribution is -2.48. The smallest absolute Gasteiger partial charge is 0.0452 e. The molecule has 1 heterocycles. The Bertz CT molecular complexity index is 389.